The van der Waals surface area contributed by atoms with Crippen LogP contribution in [0.1, 0.15) is 22.0 Å². The number of rotatable bonds is 4. The van der Waals surface area contributed by atoms with Gasteiger partial charge in [-0.1, -0.05) is 30.3 Å². The van der Waals surface area contributed by atoms with Crippen LogP contribution in [-0.2, 0) is 9.53 Å². The highest BCUT2D eigenvalue weighted by molar-refractivity contribution is 6.04. The number of morpholine rings is 1. The Bertz CT molecular complexity index is 746. The van der Waals surface area contributed by atoms with E-state index in [1.807, 2.05) is 6.07 Å². The molecule has 25 heavy (non-hydrogen) atoms. The standard InChI is InChI=1S/C19H20N2O4/c1-21-16(11-25-12-17(21)22)18(23)13-7-9-15(10-8-13)20-19(24)14-5-3-2-4-6-14/h2-10,16,18,23H,11-12H2,1H3,(H,20,24). The Hall–Kier alpha value is -2.70. The van der Waals surface area contributed by atoms with Gasteiger partial charge in [0.15, 0.2) is 0 Å². The first-order valence-electron chi connectivity index (χ1n) is 8.04. The molecule has 1 heterocycles. The van der Waals surface area contributed by atoms with Crippen LogP contribution in [0.15, 0.2) is 54.6 Å². The molecule has 130 valence electrons. The monoisotopic (exact) mass is 340 g/mol. The zero-order chi connectivity index (χ0) is 17.8. The number of hydrogen-bond donors (Lipinski definition) is 2. The quantitative estimate of drug-likeness (QED) is 0.890. The van der Waals surface area contributed by atoms with Crippen molar-refractivity contribution in [1.29, 1.82) is 0 Å². The van der Waals surface area contributed by atoms with Gasteiger partial charge < -0.3 is 20.1 Å². The SMILES string of the molecule is CN1C(=O)COCC1C(O)c1ccc(NC(=O)c2ccccc2)cc1. The van der Waals surface area contributed by atoms with Crippen molar-refractivity contribution in [3.8, 4) is 0 Å². The van der Waals surface area contributed by atoms with Crippen LogP contribution in [0.25, 0.3) is 0 Å². The second-order valence-electron chi connectivity index (χ2n) is 5.97. The minimum absolute atomic E-state index is 0.0458. The molecule has 1 fully saturated rings. The van der Waals surface area contributed by atoms with Crippen LogP contribution in [0.2, 0.25) is 0 Å². The molecule has 0 aromatic heterocycles. The maximum atomic E-state index is 12.1. The summed E-state index contributed by atoms with van der Waals surface area (Å²) in [6.07, 6.45) is -0.854. The number of carbonyl (C=O) groups excluding carboxylic acids is 2. The van der Waals surface area contributed by atoms with Gasteiger partial charge in [-0.3, -0.25) is 9.59 Å². The second-order valence-corrected chi connectivity index (χ2v) is 5.97. The van der Waals surface area contributed by atoms with Crippen LogP contribution in [0.5, 0.6) is 0 Å². The van der Waals surface area contributed by atoms with Crippen LogP contribution in [0, 0.1) is 0 Å². The van der Waals surface area contributed by atoms with Crippen molar-refractivity contribution in [3.63, 3.8) is 0 Å². The molecule has 6 heteroatoms. The van der Waals surface area contributed by atoms with Gasteiger partial charge in [-0.2, -0.15) is 0 Å². The molecular weight excluding hydrogens is 320 g/mol. The van der Waals surface area contributed by atoms with Gasteiger partial charge in [0, 0.05) is 18.3 Å². The largest absolute Gasteiger partial charge is 0.386 e. The molecule has 2 N–H and O–H groups in total. The number of likely N-dealkylation sites (N-methyl/N-ethyl adjacent to an activating group) is 1. The van der Waals surface area contributed by atoms with E-state index in [0.29, 0.717) is 16.8 Å². The van der Waals surface area contributed by atoms with Gasteiger partial charge in [0.2, 0.25) is 5.91 Å². The summed E-state index contributed by atoms with van der Waals surface area (Å²) >= 11 is 0. The first-order chi connectivity index (χ1) is 12.1. The lowest BCUT2D eigenvalue weighted by Gasteiger charge is -2.35. The van der Waals surface area contributed by atoms with Gasteiger partial charge in [-0.25, -0.2) is 0 Å². The fourth-order valence-electron chi connectivity index (χ4n) is 2.75. The summed E-state index contributed by atoms with van der Waals surface area (Å²) < 4.78 is 5.22. The fourth-order valence-corrected chi connectivity index (χ4v) is 2.75. The normalized spacial score (nSPS) is 18.7. The predicted octanol–water partition coefficient (Wildman–Crippen LogP) is 1.83. The molecule has 6 nitrogen and oxygen atoms in total. The van der Waals surface area contributed by atoms with Crippen molar-refractivity contribution >= 4 is 17.5 Å². The van der Waals surface area contributed by atoms with E-state index >= 15 is 0 Å². The Balaban J connectivity index is 1.67. The van der Waals surface area contributed by atoms with Gasteiger partial charge in [-0.15, -0.1) is 0 Å². The Morgan fingerprint density at radius 2 is 1.88 bits per heavy atom. The Labute approximate surface area is 146 Å². The van der Waals surface area contributed by atoms with Crippen molar-refractivity contribution in [2.45, 2.75) is 12.1 Å². The first kappa shape index (κ1) is 17.1. The first-order valence-corrected chi connectivity index (χ1v) is 8.04. The maximum Gasteiger partial charge on any atom is 0.255 e. The maximum absolute atomic E-state index is 12.1. The fraction of sp³-hybridized carbons (Fsp3) is 0.263. The third-order valence-corrected chi connectivity index (χ3v) is 4.32. The highest BCUT2D eigenvalue weighted by Crippen LogP contribution is 2.24. The van der Waals surface area contributed by atoms with E-state index in [9.17, 15) is 14.7 Å². The van der Waals surface area contributed by atoms with Crippen LogP contribution >= 0.6 is 0 Å². The molecule has 0 bridgehead atoms. The molecule has 0 aliphatic carbocycles. The average Bonchev–Trinajstić information content (AvgIpc) is 2.65. The molecule has 0 radical (unpaired) electrons. The molecular formula is C19H20N2O4. The molecule has 2 atom stereocenters. The smallest absolute Gasteiger partial charge is 0.255 e. The van der Waals surface area contributed by atoms with Crippen molar-refractivity contribution in [2.75, 3.05) is 25.6 Å². The number of hydrogen-bond acceptors (Lipinski definition) is 4. The topological polar surface area (TPSA) is 78.9 Å². The lowest BCUT2D eigenvalue weighted by molar-refractivity contribution is -0.151. The molecule has 2 aromatic carbocycles. The summed E-state index contributed by atoms with van der Waals surface area (Å²) in [6.45, 7) is 0.333. The highest BCUT2D eigenvalue weighted by atomic mass is 16.5. The summed E-state index contributed by atoms with van der Waals surface area (Å²) in [5, 5.41) is 13.3. The van der Waals surface area contributed by atoms with Crippen molar-refractivity contribution in [2.24, 2.45) is 0 Å². The van der Waals surface area contributed by atoms with E-state index in [1.165, 1.54) is 4.90 Å². The van der Waals surface area contributed by atoms with Crippen LogP contribution in [0.4, 0.5) is 5.69 Å². The molecule has 2 unspecified atom stereocenters. The summed E-state index contributed by atoms with van der Waals surface area (Å²) in [4.78, 5) is 25.3. The van der Waals surface area contributed by atoms with E-state index in [1.54, 1.807) is 55.6 Å². The van der Waals surface area contributed by atoms with Crippen LogP contribution < -0.4 is 5.32 Å². The molecule has 1 saturated heterocycles. The van der Waals surface area contributed by atoms with Gasteiger partial charge in [-0.05, 0) is 29.8 Å². The number of benzene rings is 2. The number of aliphatic hydroxyl groups excluding tert-OH is 1. The molecule has 3 rings (SSSR count). The number of amides is 2. The van der Waals surface area contributed by atoms with Gasteiger partial charge in [0.1, 0.15) is 12.7 Å². The van der Waals surface area contributed by atoms with Crippen molar-refractivity contribution in [1.82, 2.24) is 4.90 Å². The summed E-state index contributed by atoms with van der Waals surface area (Å²) in [5.41, 5.74) is 1.87. The number of aliphatic hydroxyl groups is 1. The van der Waals surface area contributed by atoms with E-state index in [-0.39, 0.29) is 25.0 Å². The molecule has 1 aliphatic rings. The third-order valence-electron chi connectivity index (χ3n) is 4.32. The van der Waals surface area contributed by atoms with E-state index < -0.39 is 12.1 Å². The number of anilines is 1. The van der Waals surface area contributed by atoms with Crippen molar-refractivity contribution in [3.05, 3.63) is 65.7 Å². The Morgan fingerprint density at radius 1 is 1.20 bits per heavy atom. The summed E-state index contributed by atoms with van der Waals surface area (Å²) in [5.74, 6) is -0.345. The van der Waals surface area contributed by atoms with E-state index in [4.69, 9.17) is 4.74 Å². The minimum Gasteiger partial charge on any atom is -0.386 e. The number of nitrogens with one attached hydrogen (secondary N) is 1. The molecule has 2 aromatic rings. The average molecular weight is 340 g/mol. The molecule has 1 aliphatic heterocycles. The van der Waals surface area contributed by atoms with E-state index in [2.05, 4.69) is 5.32 Å². The lowest BCUT2D eigenvalue weighted by atomic mass is 10.0. The zero-order valence-corrected chi connectivity index (χ0v) is 13.9. The molecule has 0 spiro atoms. The van der Waals surface area contributed by atoms with Crippen LogP contribution in [-0.4, -0.2) is 48.1 Å². The number of carbonyl (C=O) groups is 2. The Morgan fingerprint density at radius 3 is 2.56 bits per heavy atom. The molecule has 2 amide bonds. The third kappa shape index (κ3) is 3.87. The summed E-state index contributed by atoms with van der Waals surface area (Å²) in [6, 6.07) is 15.4. The van der Waals surface area contributed by atoms with Crippen LogP contribution in [0.3, 0.4) is 0 Å². The van der Waals surface area contributed by atoms with Gasteiger partial charge >= 0.3 is 0 Å². The summed E-state index contributed by atoms with van der Waals surface area (Å²) in [7, 11) is 1.66. The number of nitrogens with zero attached hydrogens (tertiary/aromatic N) is 1. The predicted molar refractivity (Wildman–Crippen MR) is 93.2 cm³/mol. The van der Waals surface area contributed by atoms with Gasteiger partial charge in [0.25, 0.3) is 5.91 Å². The minimum atomic E-state index is -0.854. The Kier molecular flexibility index (Phi) is 5.11. The lowest BCUT2D eigenvalue weighted by Crippen LogP contribution is -2.49. The van der Waals surface area contributed by atoms with Gasteiger partial charge in [0.05, 0.1) is 12.6 Å². The second kappa shape index (κ2) is 7.46. The zero-order valence-electron chi connectivity index (χ0n) is 13.9. The number of ether oxygens (including phenoxy) is 1. The highest BCUT2D eigenvalue weighted by Gasteiger charge is 2.32. The van der Waals surface area contributed by atoms with E-state index in [0.717, 1.165) is 0 Å². The molecule has 0 saturated carbocycles. The van der Waals surface area contributed by atoms with Crippen molar-refractivity contribution < 1.29 is 19.4 Å².